The number of thiazole rings is 1. The summed E-state index contributed by atoms with van der Waals surface area (Å²) in [6, 6.07) is 11.5. The van der Waals surface area contributed by atoms with Gasteiger partial charge in [0.1, 0.15) is 0 Å². The van der Waals surface area contributed by atoms with Crippen LogP contribution >= 0.6 is 27.3 Å². The van der Waals surface area contributed by atoms with Crippen LogP contribution in [-0.4, -0.2) is 51.9 Å². The maximum atomic E-state index is 12.9. The van der Waals surface area contributed by atoms with Crippen molar-refractivity contribution in [3.05, 3.63) is 59.0 Å². The molecule has 1 aromatic carbocycles. The van der Waals surface area contributed by atoms with Gasteiger partial charge >= 0.3 is 0 Å². The van der Waals surface area contributed by atoms with Crippen molar-refractivity contribution in [2.45, 2.75) is 0 Å². The van der Waals surface area contributed by atoms with Crippen molar-refractivity contribution >= 4 is 49.3 Å². The van der Waals surface area contributed by atoms with Crippen LogP contribution in [0.3, 0.4) is 0 Å². The monoisotopic (exact) mass is 469 g/mol. The number of anilines is 1. The average molecular weight is 470 g/mol. The van der Waals surface area contributed by atoms with Crippen LogP contribution in [-0.2, 0) is 0 Å². The fourth-order valence-corrected chi connectivity index (χ4v) is 4.41. The SMILES string of the molecule is O=C(c1ccc(-c2nc3ccccc3s2)o1)N1CCN(c2ncc(Br)cn2)CC1. The zero-order chi connectivity index (χ0) is 19.8. The van der Waals surface area contributed by atoms with Crippen LogP contribution < -0.4 is 4.90 Å². The molecule has 7 nitrogen and oxygen atoms in total. The molecular formula is C20H16BrN5O2S. The van der Waals surface area contributed by atoms with E-state index in [1.165, 1.54) is 0 Å². The van der Waals surface area contributed by atoms with Crippen molar-refractivity contribution in [3.63, 3.8) is 0 Å². The highest BCUT2D eigenvalue weighted by atomic mass is 79.9. The van der Waals surface area contributed by atoms with E-state index in [9.17, 15) is 4.79 Å². The highest BCUT2D eigenvalue weighted by molar-refractivity contribution is 9.10. The van der Waals surface area contributed by atoms with E-state index in [2.05, 4.69) is 35.8 Å². The van der Waals surface area contributed by atoms with Gasteiger partial charge in [0, 0.05) is 38.6 Å². The van der Waals surface area contributed by atoms with Gasteiger partial charge in [-0.15, -0.1) is 11.3 Å². The molecule has 4 heterocycles. The number of fused-ring (bicyclic) bond motifs is 1. The summed E-state index contributed by atoms with van der Waals surface area (Å²) in [6.45, 7) is 2.54. The quantitative estimate of drug-likeness (QED) is 0.450. The Bertz CT molecular complexity index is 1130. The Hall–Kier alpha value is -2.78. The van der Waals surface area contributed by atoms with Crippen molar-refractivity contribution < 1.29 is 9.21 Å². The predicted molar refractivity (Wildman–Crippen MR) is 115 cm³/mol. The Morgan fingerprint density at radius 3 is 2.55 bits per heavy atom. The molecule has 29 heavy (non-hydrogen) atoms. The second kappa shape index (κ2) is 7.57. The number of para-hydroxylation sites is 1. The summed E-state index contributed by atoms with van der Waals surface area (Å²) in [5.74, 6) is 1.54. The lowest BCUT2D eigenvalue weighted by molar-refractivity contribution is 0.0715. The smallest absolute Gasteiger partial charge is 0.289 e. The van der Waals surface area contributed by atoms with Gasteiger partial charge in [-0.1, -0.05) is 12.1 Å². The van der Waals surface area contributed by atoms with Crippen LogP contribution in [0.25, 0.3) is 21.0 Å². The van der Waals surface area contributed by atoms with Crippen LogP contribution in [0.2, 0.25) is 0 Å². The summed E-state index contributed by atoms with van der Waals surface area (Å²) in [4.78, 5) is 30.0. The Kier molecular flexibility index (Phi) is 4.76. The van der Waals surface area contributed by atoms with Crippen LogP contribution in [0.5, 0.6) is 0 Å². The minimum atomic E-state index is -0.103. The van der Waals surface area contributed by atoms with Crippen molar-refractivity contribution in [1.82, 2.24) is 19.9 Å². The number of halogens is 1. The Balaban J connectivity index is 1.27. The summed E-state index contributed by atoms with van der Waals surface area (Å²) < 4.78 is 7.79. The van der Waals surface area contributed by atoms with Crippen LogP contribution in [0, 0.1) is 0 Å². The number of benzene rings is 1. The van der Waals surface area contributed by atoms with Crippen LogP contribution in [0.4, 0.5) is 5.95 Å². The van der Waals surface area contributed by atoms with Gasteiger partial charge in [0.25, 0.3) is 5.91 Å². The first kappa shape index (κ1) is 18.3. The van der Waals surface area contributed by atoms with Gasteiger partial charge in [-0.25, -0.2) is 15.0 Å². The average Bonchev–Trinajstić information content (AvgIpc) is 3.41. The molecule has 1 aliphatic heterocycles. The van der Waals surface area contributed by atoms with E-state index in [1.54, 1.807) is 34.7 Å². The third-order valence-corrected chi connectivity index (χ3v) is 6.24. The number of carbonyl (C=O) groups excluding carboxylic acids is 1. The van der Waals surface area contributed by atoms with Crippen LogP contribution in [0.15, 0.2) is 57.7 Å². The first-order chi connectivity index (χ1) is 14.2. The minimum Gasteiger partial charge on any atom is -0.448 e. The lowest BCUT2D eigenvalue weighted by Crippen LogP contribution is -2.49. The van der Waals surface area contributed by atoms with Crippen LogP contribution in [0.1, 0.15) is 10.6 Å². The predicted octanol–water partition coefficient (Wildman–Crippen LogP) is 4.07. The molecule has 4 aromatic rings. The lowest BCUT2D eigenvalue weighted by atomic mass is 10.3. The van der Waals surface area contributed by atoms with E-state index in [1.807, 2.05) is 30.3 Å². The third kappa shape index (κ3) is 3.63. The Morgan fingerprint density at radius 1 is 1.03 bits per heavy atom. The first-order valence-corrected chi connectivity index (χ1v) is 10.8. The highest BCUT2D eigenvalue weighted by Crippen LogP contribution is 2.31. The zero-order valence-corrected chi connectivity index (χ0v) is 17.7. The standard InChI is InChI=1S/C20H16BrN5O2S/c21-13-11-22-20(23-12-13)26-9-7-25(8-10-26)19(27)16-6-5-15(28-16)18-24-14-3-1-2-4-17(14)29-18/h1-6,11-12H,7-10H2. The van der Waals surface area contributed by atoms with E-state index in [0.29, 0.717) is 43.6 Å². The van der Waals surface area contributed by atoms with E-state index in [0.717, 1.165) is 19.7 Å². The molecule has 0 radical (unpaired) electrons. The molecule has 1 saturated heterocycles. The summed E-state index contributed by atoms with van der Waals surface area (Å²) >= 11 is 4.90. The number of amides is 1. The molecule has 0 saturated carbocycles. The normalized spacial score (nSPS) is 14.5. The van der Waals surface area contributed by atoms with Gasteiger partial charge in [-0.05, 0) is 40.2 Å². The second-order valence-electron chi connectivity index (χ2n) is 6.63. The van der Waals surface area contributed by atoms with E-state index < -0.39 is 0 Å². The minimum absolute atomic E-state index is 0.103. The molecule has 0 bridgehead atoms. The third-order valence-electron chi connectivity index (χ3n) is 4.78. The molecule has 3 aromatic heterocycles. The molecule has 0 atom stereocenters. The lowest BCUT2D eigenvalue weighted by Gasteiger charge is -2.34. The van der Waals surface area contributed by atoms with Gasteiger partial charge in [0.15, 0.2) is 16.5 Å². The zero-order valence-electron chi connectivity index (χ0n) is 15.3. The van der Waals surface area contributed by atoms with Gasteiger partial charge in [-0.3, -0.25) is 4.79 Å². The molecule has 9 heteroatoms. The number of nitrogens with zero attached hydrogens (tertiary/aromatic N) is 5. The molecule has 1 amide bonds. The van der Waals surface area contributed by atoms with Crippen molar-refractivity contribution in [2.24, 2.45) is 0 Å². The number of hydrogen-bond donors (Lipinski definition) is 0. The molecule has 0 spiro atoms. The molecule has 1 aliphatic rings. The number of hydrogen-bond acceptors (Lipinski definition) is 7. The number of carbonyl (C=O) groups is 1. The highest BCUT2D eigenvalue weighted by Gasteiger charge is 2.25. The van der Waals surface area contributed by atoms with E-state index in [-0.39, 0.29) is 5.91 Å². The maximum absolute atomic E-state index is 12.9. The van der Waals surface area contributed by atoms with Gasteiger partial charge in [-0.2, -0.15) is 0 Å². The van der Waals surface area contributed by atoms with Crippen molar-refractivity contribution in [2.75, 3.05) is 31.1 Å². The van der Waals surface area contributed by atoms with E-state index in [4.69, 9.17) is 4.42 Å². The van der Waals surface area contributed by atoms with Crippen molar-refractivity contribution in [3.8, 4) is 10.8 Å². The number of aromatic nitrogens is 3. The van der Waals surface area contributed by atoms with E-state index >= 15 is 0 Å². The number of furan rings is 1. The summed E-state index contributed by atoms with van der Waals surface area (Å²) in [5.41, 5.74) is 0.933. The molecule has 146 valence electrons. The molecule has 0 N–H and O–H groups in total. The maximum Gasteiger partial charge on any atom is 0.289 e. The van der Waals surface area contributed by atoms with Gasteiger partial charge in [0.05, 0.1) is 14.7 Å². The fourth-order valence-electron chi connectivity index (χ4n) is 3.28. The topological polar surface area (TPSA) is 75.4 Å². The number of rotatable bonds is 3. The molecule has 1 fully saturated rings. The largest absolute Gasteiger partial charge is 0.448 e. The second-order valence-corrected chi connectivity index (χ2v) is 8.58. The summed E-state index contributed by atoms with van der Waals surface area (Å²) in [6.07, 6.45) is 3.46. The Morgan fingerprint density at radius 2 is 1.79 bits per heavy atom. The molecule has 0 unspecified atom stereocenters. The number of piperazine rings is 1. The summed E-state index contributed by atoms with van der Waals surface area (Å²) in [7, 11) is 0. The fraction of sp³-hybridized carbons (Fsp3) is 0.200. The molecular weight excluding hydrogens is 454 g/mol. The first-order valence-electron chi connectivity index (χ1n) is 9.15. The van der Waals surface area contributed by atoms with Gasteiger partial charge < -0.3 is 14.2 Å². The van der Waals surface area contributed by atoms with Gasteiger partial charge in [0.2, 0.25) is 5.95 Å². The Labute approximate surface area is 179 Å². The summed E-state index contributed by atoms with van der Waals surface area (Å²) in [5, 5.41) is 0.780. The molecule has 0 aliphatic carbocycles. The molecule has 5 rings (SSSR count). The van der Waals surface area contributed by atoms with Crippen molar-refractivity contribution in [1.29, 1.82) is 0 Å².